The van der Waals surface area contributed by atoms with Gasteiger partial charge in [0, 0.05) is 28.2 Å². The fourth-order valence-corrected chi connectivity index (χ4v) is 4.31. The minimum Gasteiger partial charge on any atom is -0.318 e. The van der Waals surface area contributed by atoms with Crippen molar-refractivity contribution < 1.29 is 13.6 Å². The fraction of sp³-hybridized carbons (Fsp3) is 0.174. The highest BCUT2D eigenvalue weighted by molar-refractivity contribution is 7.98. The summed E-state index contributed by atoms with van der Waals surface area (Å²) < 4.78 is 29.1. The lowest BCUT2D eigenvalue weighted by molar-refractivity contribution is 0.102. The van der Waals surface area contributed by atoms with Crippen LogP contribution in [-0.2, 0) is 5.75 Å². The molecule has 0 fully saturated rings. The van der Waals surface area contributed by atoms with Gasteiger partial charge in [0.25, 0.3) is 5.91 Å². The first-order chi connectivity index (χ1) is 16.2. The Hall–Kier alpha value is -3.37. The van der Waals surface area contributed by atoms with Crippen molar-refractivity contribution in [1.29, 1.82) is 0 Å². The van der Waals surface area contributed by atoms with Gasteiger partial charge in [0.2, 0.25) is 0 Å². The number of thioether (sulfide) groups is 1. The molecule has 4 rings (SSSR count). The predicted octanol–water partition coefficient (Wildman–Crippen LogP) is 5.46. The van der Waals surface area contributed by atoms with E-state index in [0.717, 1.165) is 35.2 Å². The van der Waals surface area contributed by atoms with E-state index in [9.17, 15) is 13.6 Å². The summed E-state index contributed by atoms with van der Waals surface area (Å²) >= 11 is 7.59. The van der Waals surface area contributed by atoms with E-state index in [-0.39, 0.29) is 17.1 Å². The number of amides is 1. The summed E-state index contributed by atoms with van der Waals surface area (Å²) in [4.78, 5) is 21.8. The SMILES string of the molecule is Cc1cc(C)nc(SCc2c(C(=O)Nc3cc(F)ccc3F)nnn2-c2ccc(C)c(Cl)c2)n1. The molecular weight excluding hydrogens is 482 g/mol. The van der Waals surface area contributed by atoms with E-state index >= 15 is 0 Å². The number of anilines is 1. The maximum atomic E-state index is 14.1. The Labute approximate surface area is 203 Å². The minimum atomic E-state index is -0.771. The van der Waals surface area contributed by atoms with E-state index in [1.54, 1.807) is 12.1 Å². The van der Waals surface area contributed by atoms with Crippen LogP contribution in [0.25, 0.3) is 5.69 Å². The molecule has 4 aromatic rings. The van der Waals surface area contributed by atoms with Crippen molar-refractivity contribution in [2.24, 2.45) is 0 Å². The summed E-state index contributed by atoms with van der Waals surface area (Å²) in [6.45, 7) is 5.60. The third kappa shape index (κ3) is 5.23. The van der Waals surface area contributed by atoms with Crippen molar-refractivity contribution >= 4 is 35.0 Å². The van der Waals surface area contributed by atoms with E-state index in [4.69, 9.17) is 11.6 Å². The molecule has 0 unspecified atom stereocenters. The summed E-state index contributed by atoms with van der Waals surface area (Å²) in [5.41, 5.74) is 3.17. The van der Waals surface area contributed by atoms with Crippen molar-refractivity contribution in [2.75, 3.05) is 5.32 Å². The first-order valence-corrected chi connectivity index (χ1v) is 11.5. The lowest BCUT2D eigenvalue weighted by Crippen LogP contribution is -2.16. The molecule has 0 saturated heterocycles. The van der Waals surface area contributed by atoms with Gasteiger partial charge >= 0.3 is 0 Å². The van der Waals surface area contributed by atoms with Gasteiger partial charge in [-0.15, -0.1) is 5.10 Å². The van der Waals surface area contributed by atoms with Crippen molar-refractivity contribution in [1.82, 2.24) is 25.0 Å². The monoisotopic (exact) mass is 500 g/mol. The number of rotatable bonds is 6. The molecule has 174 valence electrons. The Kier molecular flexibility index (Phi) is 6.90. The molecule has 34 heavy (non-hydrogen) atoms. The number of carbonyl (C=O) groups excluding carboxylic acids is 1. The van der Waals surface area contributed by atoms with Gasteiger partial charge in [-0.05, 0) is 56.7 Å². The number of aryl methyl sites for hydroxylation is 3. The highest BCUT2D eigenvalue weighted by atomic mass is 35.5. The number of aromatic nitrogens is 5. The van der Waals surface area contributed by atoms with Gasteiger partial charge in [-0.1, -0.05) is 34.6 Å². The largest absolute Gasteiger partial charge is 0.318 e. The Balaban J connectivity index is 1.71. The zero-order valence-electron chi connectivity index (χ0n) is 18.4. The average molecular weight is 501 g/mol. The molecule has 0 radical (unpaired) electrons. The number of hydrogen-bond acceptors (Lipinski definition) is 6. The van der Waals surface area contributed by atoms with Gasteiger partial charge in [0.05, 0.1) is 17.1 Å². The summed E-state index contributed by atoms with van der Waals surface area (Å²) in [5.74, 6) is -1.95. The van der Waals surface area contributed by atoms with Crippen molar-refractivity contribution in [3.63, 3.8) is 0 Å². The number of nitrogens with one attached hydrogen (secondary N) is 1. The fourth-order valence-electron chi connectivity index (χ4n) is 3.19. The molecule has 0 aliphatic rings. The standard InChI is InChI=1S/C23H19ClF2N6OS/c1-12-4-6-16(10-17(12)24)32-20(11-34-23-27-13(2)8-14(3)28-23)21(30-31-32)22(33)29-19-9-15(25)5-7-18(19)26/h4-10H,11H2,1-3H3,(H,29,33). The van der Waals surface area contributed by atoms with E-state index in [1.165, 1.54) is 16.4 Å². The maximum Gasteiger partial charge on any atom is 0.278 e. The molecule has 0 saturated carbocycles. The second kappa shape index (κ2) is 9.86. The van der Waals surface area contributed by atoms with Crippen molar-refractivity contribution in [2.45, 2.75) is 31.7 Å². The molecule has 1 N–H and O–H groups in total. The highest BCUT2D eigenvalue weighted by Gasteiger charge is 2.23. The number of hydrogen-bond donors (Lipinski definition) is 1. The van der Waals surface area contributed by atoms with E-state index in [0.29, 0.717) is 21.6 Å². The molecule has 2 aromatic carbocycles. The number of halogens is 3. The Morgan fingerprint density at radius 3 is 2.50 bits per heavy atom. The second-order valence-electron chi connectivity index (χ2n) is 7.53. The molecule has 1 amide bonds. The number of benzene rings is 2. The van der Waals surface area contributed by atoms with Crippen LogP contribution in [0.5, 0.6) is 0 Å². The minimum absolute atomic E-state index is 0.0442. The third-order valence-corrected chi connectivity index (χ3v) is 6.12. The van der Waals surface area contributed by atoms with Crippen LogP contribution >= 0.6 is 23.4 Å². The molecule has 2 aromatic heterocycles. The lowest BCUT2D eigenvalue weighted by atomic mass is 10.2. The molecule has 0 aliphatic carbocycles. The molecule has 0 bridgehead atoms. The summed E-state index contributed by atoms with van der Waals surface area (Å²) in [6.07, 6.45) is 0. The highest BCUT2D eigenvalue weighted by Crippen LogP contribution is 2.26. The lowest BCUT2D eigenvalue weighted by Gasteiger charge is -2.10. The van der Waals surface area contributed by atoms with Crippen LogP contribution in [0.4, 0.5) is 14.5 Å². The van der Waals surface area contributed by atoms with E-state index in [1.807, 2.05) is 32.9 Å². The van der Waals surface area contributed by atoms with Crippen LogP contribution in [0.15, 0.2) is 47.6 Å². The van der Waals surface area contributed by atoms with Gasteiger partial charge in [-0.3, -0.25) is 4.79 Å². The van der Waals surface area contributed by atoms with E-state index in [2.05, 4.69) is 25.6 Å². The van der Waals surface area contributed by atoms with Crippen LogP contribution in [0.2, 0.25) is 5.02 Å². The second-order valence-corrected chi connectivity index (χ2v) is 8.88. The quantitative estimate of drug-likeness (QED) is 0.279. The molecule has 0 spiro atoms. The molecule has 11 heteroatoms. The van der Waals surface area contributed by atoms with Gasteiger partial charge in [-0.25, -0.2) is 23.4 Å². The molecular formula is C23H19ClF2N6OS. The van der Waals surface area contributed by atoms with Crippen molar-refractivity contribution in [3.05, 3.63) is 87.5 Å². The van der Waals surface area contributed by atoms with Crippen LogP contribution in [0.1, 0.15) is 33.1 Å². The normalized spacial score (nSPS) is 11.0. The zero-order chi connectivity index (χ0) is 24.4. The van der Waals surface area contributed by atoms with Crippen LogP contribution in [0.3, 0.4) is 0 Å². The van der Waals surface area contributed by atoms with Gasteiger partial charge in [0.1, 0.15) is 11.6 Å². The summed E-state index contributed by atoms with van der Waals surface area (Å²) in [5, 5.41) is 11.6. The van der Waals surface area contributed by atoms with Crippen LogP contribution < -0.4 is 5.32 Å². The van der Waals surface area contributed by atoms with Gasteiger partial charge < -0.3 is 5.32 Å². The topological polar surface area (TPSA) is 85.6 Å². The predicted molar refractivity (Wildman–Crippen MR) is 126 cm³/mol. The van der Waals surface area contributed by atoms with Crippen LogP contribution in [-0.4, -0.2) is 30.9 Å². The maximum absolute atomic E-state index is 14.1. The van der Waals surface area contributed by atoms with E-state index < -0.39 is 17.5 Å². The third-order valence-electron chi connectivity index (χ3n) is 4.85. The number of carbonyl (C=O) groups is 1. The molecule has 0 atom stereocenters. The molecule has 2 heterocycles. The zero-order valence-corrected chi connectivity index (χ0v) is 20.0. The van der Waals surface area contributed by atoms with Crippen LogP contribution in [0, 0.1) is 32.4 Å². The van der Waals surface area contributed by atoms with Crippen molar-refractivity contribution in [3.8, 4) is 5.69 Å². The number of nitrogens with zero attached hydrogens (tertiary/aromatic N) is 5. The Bertz CT molecular complexity index is 1370. The van der Waals surface area contributed by atoms with Gasteiger partial charge in [0.15, 0.2) is 10.9 Å². The smallest absolute Gasteiger partial charge is 0.278 e. The Morgan fingerprint density at radius 1 is 1.06 bits per heavy atom. The summed E-state index contributed by atoms with van der Waals surface area (Å²) in [6, 6.07) is 9.99. The summed E-state index contributed by atoms with van der Waals surface area (Å²) in [7, 11) is 0. The molecule has 0 aliphatic heterocycles. The average Bonchev–Trinajstić information content (AvgIpc) is 3.20. The molecule has 7 nitrogen and oxygen atoms in total. The first kappa shape index (κ1) is 23.8. The Morgan fingerprint density at radius 2 is 1.79 bits per heavy atom. The first-order valence-electron chi connectivity index (χ1n) is 10.1. The van der Waals surface area contributed by atoms with Gasteiger partial charge in [-0.2, -0.15) is 0 Å².